The number of aryl methyl sites for hydroxylation is 1. The Balaban J connectivity index is 1.46. The van der Waals surface area contributed by atoms with Crippen LogP contribution in [0.2, 0.25) is 0 Å². The van der Waals surface area contributed by atoms with Crippen LogP contribution in [0.25, 0.3) is 0 Å². The van der Waals surface area contributed by atoms with Gasteiger partial charge in [0.05, 0.1) is 19.6 Å². The number of hydrogen-bond donors (Lipinski definition) is 0. The maximum Gasteiger partial charge on any atom is 0.226 e. The first-order valence-electron chi connectivity index (χ1n) is 9.35. The average molecular weight is 351 g/mol. The first kappa shape index (κ1) is 17.0. The highest BCUT2D eigenvalue weighted by atomic mass is 16.5. The summed E-state index contributed by atoms with van der Waals surface area (Å²) in [6.07, 6.45) is 3.14. The van der Waals surface area contributed by atoms with Crippen LogP contribution in [0.4, 0.5) is 0 Å². The van der Waals surface area contributed by atoms with E-state index in [1.54, 1.807) is 0 Å². The number of carbonyl (C=O) groups excluding carboxylic acids is 1. The summed E-state index contributed by atoms with van der Waals surface area (Å²) in [6, 6.07) is 10.2. The molecule has 0 N–H and O–H groups in total. The van der Waals surface area contributed by atoms with Gasteiger partial charge >= 0.3 is 0 Å². The number of nitrogens with zero attached hydrogens (tertiary/aromatic N) is 1. The first-order chi connectivity index (χ1) is 12.6. The van der Waals surface area contributed by atoms with Crippen LogP contribution in [0.5, 0.6) is 11.5 Å². The molecular formula is C22H25NO3. The molecule has 2 aromatic carbocycles. The number of ether oxygens (including phenoxy) is 2. The second-order valence-corrected chi connectivity index (χ2v) is 7.19. The maximum atomic E-state index is 12.6. The molecule has 0 atom stereocenters. The van der Waals surface area contributed by atoms with Gasteiger partial charge in [-0.15, -0.1) is 0 Å². The SMILES string of the molecule is Cc1ccccc1CC(=O)N(C)CCc1c2c(cc3c1OCC3)OCC2. The molecule has 4 rings (SSSR count). The van der Waals surface area contributed by atoms with Gasteiger partial charge in [-0.05, 0) is 30.5 Å². The molecule has 4 nitrogen and oxygen atoms in total. The summed E-state index contributed by atoms with van der Waals surface area (Å²) in [4.78, 5) is 14.5. The summed E-state index contributed by atoms with van der Waals surface area (Å²) >= 11 is 0. The molecule has 0 spiro atoms. The van der Waals surface area contributed by atoms with E-state index in [9.17, 15) is 4.79 Å². The lowest BCUT2D eigenvalue weighted by Gasteiger charge is -2.20. The van der Waals surface area contributed by atoms with Gasteiger partial charge < -0.3 is 14.4 Å². The van der Waals surface area contributed by atoms with E-state index in [0.29, 0.717) is 13.0 Å². The normalized spacial score (nSPS) is 14.4. The molecule has 26 heavy (non-hydrogen) atoms. The van der Waals surface area contributed by atoms with Crippen molar-refractivity contribution in [3.05, 3.63) is 58.1 Å². The summed E-state index contributed by atoms with van der Waals surface area (Å²) < 4.78 is 11.7. The van der Waals surface area contributed by atoms with Crippen LogP contribution in [0.1, 0.15) is 27.8 Å². The summed E-state index contributed by atoms with van der Waals surface area (Å²) in [6.45, 7) is 4.23. The van der Waals surface area contributed by atoms with Crippen molar-refractivity contribution in [1.29, 1.82) is 0 Å². The van der Waals surface area contributed by atoms with Gasteiger partial charge in [0.2, 0.25) is 5.91 Å². The monoisotopic (exact) mass is 351 g/mol. The Morgan fingerprint density at radius 2 is 1.96 bits per heavy atom. The van der Waals surface area contributed by atoms with E-state index in [1.165, 1.54) is 22.3 Å². The fourth-order valence-electron chi connectivity index (χ4n) is 3.86. The zero-order valence-electron chi connectivity index (χ0n) is 15.5. The highest BCUT2D eigenvalue weighted by molar-refractivity contribution is 5.79. The number of likely N-dealkylation sites (N-methyl/N-ethyl adjacent to an activating group) is 1. The Bertz CT molecular complexity index is 811. The number of fused-ring (bicyclic) bond motifs is 2. The molecule has 0 radical (unpaired) electrons. The molecule has 2 aliphatic rings. The number of amides is 1. The van der Waals surface area contributed by atoms with Crippen molar-refractivity contribution >= 4 is 5.91 Å². The van der Waals surface area contributed by atoms with Crippen LogP contribution in [0, 0.1) is 6.92 Å². The number of rotatable bonds is 5. The van der Waals surface area contributed by atoms with Gasteiger partial charge in [0.1, 0.15) is 11.5 Å². The van der Waals surface area contributed by atoms with Crippen molar-refractivity contribution in [2.24, 2.45) is 0 Å². The minimum atomic E-state index is 0.153. The van der Waals surface area contributed by atoms with Gasteiger partial charge in [-0.1, -0.05) is 24.3 Å². The Labute approximate surface area is 154 Å². The Morgan fingerprint density at radius 3 is 2.81 bits per heavy atom. The lowest BCUT2D eigenvalue weighted by Crippen LogP contribution is -2.30. The van der Waals surface area contributed by atoms with Crippen LogP contribution in [0.15, 0.2) is 30.3 Å². The Kier molecular flexibility index (Phi) is 4.58. The van der Waals surface area contributed by atoms with E-state index >= 15 is 0 Å². The molecule has 2 aliphatic heterocycles. The molecule has 0 aromatic heterocycles. The molecule has 1 amide bonds. The van der Waals surface area contributed by atoms with Gasteiger partial charge in [0.15, 0.2) is 0 Å². The molecule has 0 aliphatic carbocycles. The highest BCUT2D eigenvalue weighted by Gasteiger charge is 2.26. The topological polar surface area (TPSA) is 38.8 Å². The smallest absolute Gasteiger partial charge is 0.226 e. The molecule has 2 heterocycles. The average Bonchev–Trinajstić information content (AvgIpc) is 3.29. The van der Waals surface area contributed by atoms with E-state index in [4.69, 9.17) is 9.47 Å². The zero-order valence-corrected chi connectivity index (χ0v) is 15.5. The molecule has 136 valence electrons. The van der Waals surface area contributed by atoms with Gasteiger partial charge in [-0.2, -0.15) is 0 Å². The minimum absolute atomic E-state index is 0.153. The van der Waals surface area contributed by atoms with Crippen molar-refractivity contribution in [3.63, 3.8) is 0 Å². The van der Waals surface area contributed by atoms with Crippen LogP contribution < -0.4 is 9.47 Å². The van der Waals surface area contributed by atoms with E-state index in [-0.39, 0.29) is 5.91 Å². The second kappa shape index (κ2) is 7.02. The number of carbonyl (C=O) groups is 1. The highest BCUT2D eigenvalue weighted by Crippen LogP contribution is 2.40. The van der Waals surface area contributed by atoms with E-state index < -0.39 is 0 Å². The summed E-state index contributed by atoms with van der Waals surface area (Å²) in [5.74, 6) is 2.20. The molecule has 0 saturated heterocycles. The van der Waals surface area contributed by atoms with Crippen LogP contribution in [-0.4, -0.2) is 37.6 Å². The maximum absolute atomic E-state index is 12.6. The summed E-state index contributed by atoms with van der Waals surface area (Å²) in [5.41, 5.74) is 6.02. The van der Waals surface area contributed by atoms with Gasteiger partial charge in [0, 0.05) is 43.1 Å². The van der Waals surface area contributed by atoms with Crippen LogP contribution in [-0.2, 0) is 30.5 Å². The Morgan fingerprint density at radius 1 is 1.15 bits per heavy atom. The molecule has 4 heteroatoms. The first-order valence-corrected chi connectivity index (χ1v) is 9.35. The number of benzene rings is 2. The van der Waals surface area contributed by atoms with Crippen molar-refractivity contribution in [2.45, 2.75) is 32.6 Å². The molecule has 0 unspecified atom stereocenters. The molecule has 2 aromatic rings. The minimum Gasteiger partial charge on any atom is -0.493 e. The van der Waals surface area contributed by atoms with Gasteiger partial charge in [-0.25, -0.2) is 0 Å². The van der Waals surface area contributed by atoms with Gasteiger partial charge in [-0.3, -0.25) is 4.79 Å². The zero-order chi connectivity index (χ0) is 18.1. The number of hydrogen-bond acceptors (Lipinski definition) is 3. The summed E-state index contributed by atoms with van der Waals surface area (Å²) in [5, 5.41) is 0. The molecule has 0 bridgehead atoms. The van der Waals surface area contributed by atoms with Crippen LogP contribution in [0.3, 0.4) is 0 Å². The quantitative estimate of drug-likeness (QED) is 0.831. The third-order valence-corrected chi connectivity index (χ3v) is 5.49. The summed E-state index contributed by atoms with van der Waals surface area (Å²) in [7, 11) is 1.89. The van der Waals surface area contributed by atoms with Crippen molar-refractivity contribution in [1.82, 2.24) is 4.90 Å². The van der Waals surface area contributed by atoms with Crippen molar-refractivity contribution in [2.75, 3.05) is 26.8 Å². The standard InChI is InChI=1S/C22H25NO3/c1-15-5-3-4-6-16(15)14-21(24)23(2)10-7-19-18-9-12-25-20(18)13-17-8-11-26-22(17)19/h3-6,13H,7-12,14H2,1-2H3. The molecular weight excluding hydrogens is 326 g/mol. The lowest BCUT2D eigenvalue weighted by atomic mass is 9.97. The van der Waals surface area contributed by atoms with Crippen molar-refractivity contribution < 1.29 is 14.3 Å². The third-order valence-electron chi connectivity index (χ3n) is 5.49. The molecule has 0 fully saturated rings. The van der Waals surface area contributed by atoms with E-state index in [0.717, 1.165) is 49.5 Å². The Hall–Kier alpha value is -2.49. The third kappa shape index (κ3) is 3.16. The van der Waals surface area contributed by atoms with E-state index in [2.05, 4.69) is 19.1 Å². The second-order valence-electron chi connectivity index (χ2n) is 7.19. The molecule has 0 saturated carbocycles. The van der Waals surface area contributed by atoms with Crippen molar-refractivity contribution in [3.8, 4) is 11.5 Å². The fourth-order valence-corrected chi connectivity index (χ4v) is 3.86. The predicted molar refractivity (Wildman–Crippen MR) is 101 cm³/mol. The van der Waals surface area contributed by atoms with E-state index in [1.807, 2.05) is 30.1 Å². The van der Waals surface area contributed by atoms with Gasteiger partial charge in [0.25, 0.3) is 0 Å². The fraction of sp³-hybridized carbons (Fsp3) is 0.409. The largest absolute Gasteiger partial charge is 0.493 e. The lowest BCUT2D eigenvalue weighted by molar-refractivity contribution is -0.129. The predicted octanol–water partition coefficient (Wildman–Crippen LogP) is 3.11. The van der Waals surface area contributed by atoms with Crippen LogP contribution >= 0.6 is 0 Å².